The van der Waals surface area contributed by atoms with E-state index < -0.39 is 32.4 Å². The van der Waals surface area contributed by atoms with Crippen molar-refractivity contribution < 1.29 is 21.6 Å². The van der Waals surface area contributed by atoms with Crippen LogP contribution in [0.25, 0.3) is 0 Å². The molecule has 0 heterocycles. The summed E-state index contributed by atoms with van der Waals surface area (Å²) < 4.78 is 65.6. The van der Waals surface area contributed by atoms with Crippen molar-refractivity contribution in [2.24, 2.45) is 11.7 Å². The molecule has 0 bridgehead atoms. The van der Waals surface area contributed by atoms with E-state index in [2.05, 4.69) is 4.72 Å². The van der Waals surface area contributed by atoms with Crippen LogP contribution in [0.2, 0.25) is 0 Å². The van der Waals surface area contributed by atoms with E-state index in [0.29, 0.717) is 12.1 Å². The molecular weight excluding hydrogens is 293 g/mol. The summed E-state index contributed by atoms with van der Waals surface area (Å²) in [4.78, 5) is -1.16. The fourth-order valence-corrected chi connectivity index (χ4v) is 3.60. The van der Waals surface area contributed by atoms with E-state index in [4.69, 9.17) is 5.73 Å². The second-order valence-corrected chi connectivity index (χ2v) is 6.61. The molecule has 1 aromatic rings. The SMILES string of the molecule is NC1CCCC1CNS(=O)(=O)c1c(F)cc(F)cc1F. The first kappa shape index (κ1) is 15.3. The zero-order chi connectivity index (χ0) is 14.9. The Labute approximate surface area is 115 Å². The Balaban J connectivity index is 2.18. The van der Waals surface area contributed by atoms with Gasteiger partial charge < -0.3 is 5.73 Å². The van der Waals surface area contributed by atoms with Gasteiger partial charge in [0, 0.05) is 24.7 Å². The van der Waals surface area contributed by atoms with Crippen molar-refractivity contribution in [3.05, 3.63) is 29.6 Å². The predicted octanol–water partition coefficient (Wildman–Crippen LogP) is 1.51. The zero-order valence-corrected chi connectivity index (χ0v) is 11.4. The molecule has 0 saturated heterocycles. The molecule has 8 heteroatoms. The van der Waals surface area contributed by atoms with Crippen LogP contribution in [0, 0.1) is 23.4 Å². The molecule has 1 fully saturated rings. The molecule has 1 aliphatic carbocycles. The predicted molar refractivity (Wildman–Crippen MR) is 66.8 cm³/mol. The van der Waals surface area contributed by atoms with E-state index in [1.165, 1.54) is 0 Å². The van der Waals surface area contributed by atoms with Gasteiger partial charge in [-0.3, -0.25) is 0 Å². The molecule has 2 unspecified atom stereocenters. The van der Waals surface area contributed by atoms with Gasteiger partial charge in [0.15, 0.2) is 4.90 Å². The van der Waals surface area contributed by atoms with E-state index in [1.807, 2.05) is 0 Å². The Kier molecular flexibility index (Phi) is 4.36. The van der Waals surface area contributed by atoms with E-state index in [9.17, 15) is 21.6 Å². The highest BCUT2D eigenvalue weighted by Gasteiger charge is 2.29. The summed E-state index contributed by atoms with van der Waals surface area (Å²) in [7, 11) is -4.37. The Bertz CT molecular complexity index is 584. The largest absolute Gasteiger partial charge is 0.327 e. The second kappa shape index (κ2) is 5.71. The van der Waals surface area contributed by atoms with Crippen LogP contribution < -0.4 is 10.5 Å². The molecule has 0 radical (unpaired) electrons. The summed E-state index contributed by atoms with van der Waals surface area (Å²) in [5.74, 6) is -4.13. The van der Waals surface area contributed by atoms with Crippen LogP contribution in [0.15, 0.2) is 17.0 Å². The molecule has 0 amide bonds. The van der Waals surface area contributed by atoms with Gasteiger partial charge >= 0.3 is 0 Å². The van der Waals surface area contributed by atoms with Gasteiger partial charge in [-0.2, -0.15) is 0 Å². The van der Waals surface area contributed by atoms with Gasteiger partial charge in [-0.05, 0) is 18.8 Å². The van der Waals surface area contributed by atoms with Crippen LogP contribution >= 0.6 is 0 Å². The van der Waals surface area contributed by atoms with Gasteiger partial charge in [0.25, 0.3) is 0 Å². The van der Waals surface area contributed by atoms with Crippen molar-refractivity contribution in [3.63, 3.8) is 0 Å². The van der Waals surface area contributed by atoms with Gasteiger partial charge in [-0.15, -0.1) is 0 Å². The Morgan fingerprint density at radius 3 is 2.30 bits per heavy atom. The summed E-state index contributed by atoms with van der Waals surface area (Å²) in [6, 6.07) is 0.540. The molecule has 0 aromatic heterocycles. The molecule has 3 N–H and O–H groups in total. The molecule has 2 rings (SSSR count). The van der Waals surface area contributed by atoms with Crippen LogP contribution in [0.4, 0.5) is 13.2 Å². The van der Waals surface area contributed by atoms with Crippen molar-refractivity contribution in [2.75, 3.05) is 6.54 Å². The molecule has 2 atom stereocenters. The van der Waals surface area contributed by atoms with Gasteiger partial charge in [0.05, 0.1) is 0 Å². The third-order valence-electron chi connectivity index (χ3n) is 3.49. The topological polar surface area (TPSA) is 72.2 Å². The number of hydrogen-bond donors (Lipinski definition) is 2. The lowest BCUT2D eigenvalue weighted by molar-refractivity contribution is 0.462. The average molecular weight is 308 g/mol. The molecule has 1 aromatic carbocycles. The van der Waals surface area contributed by atoms with Gasteiger partial charge in [-0.25, -0.2) is 26.3 Å². The first-order valence-electron chi connectivity index (χ1n) is 6.21. The van der Waals surface area contributed by atoms with E-state index >= 15 is 0 Å². The highest BCUT2D eigenvalue weighted by Crippen LogP contribution is 2.25. The minimum absolute atomic E-state index is 0.0136. The van der Waals surface area contributed by atoms with Crippen LogP contribution in [0.3, 0.4) is 0 Å². The Hall–Kier alpha value is -1.12. The third kappa shape index (κ3) is 3.13. The van der Waals surface area contributed by atoms with Crippen molar-refractivity contribution in [1.29, 1.82) is 0 Å². The fourth-order valence-electron chi connectivity index (χ4n) is 2.39. The molecule has 4 nitrogen and oxygen atoms in total. The number of benzene rings is 1. The van der Waals surface area contributed by atoms with Crippen molar-refractivity contribution >= 4 is 10.0 Å². The molecule has 20 heavy (non-hydrogen) atoms. The number of nitrogens with one attached hydrogen (secondary N) is 1. The number of halogens is 3. The third-order valence-corrected chi connectivity index (χ3v) is 4.96. The second-order valence-electron chi connectivity index (χ2n) is 4.91. The monoisotopic (exact) mass is 308 g/mol. The lowest BCUT2D eigenvalue weighted by Gasteiger charge is -2.16. The van der Waals surface area contributed by atoms with Crippen LogP contribution in [0.5, 0.6) is 0 Å². The number of nitrogens with two attached hydrogens (primary N) is 1. The van der Waals surface area contributed by atoms with Gasteiger partial charge in [-0.1, -0.05) is 6.42 Å². The van der Waals surface area contributed by atoms with Gasteiger partial charge in [0.1, 0.15) is 17.5 Å². The van der Waals surface area contributed by atoms with Gasteiger partial charge in [0.2, 0.25) is 10.0 Å². The molecule has 1 saturated carbocycles. The summed E-state index contributed by atoms with van der Waals surface area (Å²) in [5, 5.41) is 0. The Morgan fingerprint density at radius 1 is 1.20 bits per heavy atom. The van der Waals surface area contributed by atoms with Crippen LogP contribution in [0.1, 0.15) is 19.3 Å². The summed E-state index contributed by atoms with van der Waals surface area (Å²) in [5.41, 5.74) is 5.79. The highest BCUT2D eigenvalue weighted by atomic mass is 32.2. The standard InChI is InChI=1S/C12H15F3N2O2S/c13-8-4-9(14)12(10(15)5-8)20(18,19)17-6-7-2-1-3-11(7)16/h4-5,7,11,17H,1-3,6,16H2. The smallest absolute Gasteiger partial charge is 0.246 e. The maximum Gasteiger partial charge on any atom is 0.246 e. The van der Waals surface area contributed by atoms with E-state index in [0.717, 1.165) is 19.3 Å². The lowest BCUT2D eigenvalue weighted by Crippen LogP contribution is -2.36. The minimum atomic E-state index is -4.37. The number of hydrogen-bond acceptors (Lipinski definition) is 3. The van der Waals surface area contributed by atoms with Crippen LogP contribution in [-0.2, 0) is 10.0 Å². The maximum atomic E-state index is 13.5. The normalized spacial score (nSPS) is 23.2. The molecule has 0 spiro atoms. The minimum Gasteiger partial charge on any atom is -0.327 e. The molecular formula is C12H15F3N2O2S. The van der Waals surface area contributed by atoms with E-state index in [1.54, 1.807) is 0 Å². The summed E-state index contributed by atoms with van der Waals surface area (Å²) >= 11 is 0. The zero-order valence-electron chi connectivity index (χ0n) is 10.6. The van der Waals surface area contributed by atoms with Crippen molar-refractivity contribution in [2.45, 2.75) is 30.2 Å². The number of sulfonamides is 1. The van der Waals surface area contributed by atoms with Crippen molar-refractivity contribution in [3.8, 4) is 0 Å². The highest BCUT2D eigenvalue weighted by molar-refractivity contribution is 7.89. The number of rotatable bonds is 4. The Morgan fingerprint density at radius 2 is 1.80 bits per heavy atom. The first-order valence-corrected chi connectivity index (χ1v) is 7.69. The summed E-state index contributed by atoms with van der Waals surface area (Å²) in [6.45, 7) is 0.0136. The average Bonchev–Trinajstić information content (AvgIpc) is 2.70. The molecule has 1 aliphatic rings. The quantitative estimate of drug-likeness (QED) is 0.885. The first-order chi connectivity index (χ1) is 9.31. The molecule has 112 valence electrons. The van der Waals surface area contributed by atoms with Crippen LogP contribution in [-0.4, -0.2) is 21.0 Å². The lowest BCUT2D eigenvalue weighted by atomic mass is 10.1. The van der Waals surface area contributed by atoms with E-state index in [-0.39, 0.29) is 18.5 Å². The molecule has 0 aliphatic heterocycles. The summed E-state index contributed by atoms with van der Waals surface area (Å²) in [6.07, 6.45) is 2.45. The maximum absolute atomic E-state index is 13.5. The van der Waals surface area contributed by atoms with Crippen molar-refractivity contribution in [1.82, 2.24) is 4.72 Å². The fraction of sp³-hybridized carbons (Fsp3) is 0.500.